The van der Waals surface area contributed by atoms with Crippen LogP contribution in [0.5, 0.6) is 5.75 Å². The van der Waals surface area contributed by atoms with E-state index in [1.54, 1.807) is 0 Å². The van der Waals surface area contributed by atoms with Crippen LogP contribution >= 0.6 is 11.6 Å². The minimum absolute atomic E-state index is 0.00868. The highest BCUT2D eigenvalue weighted by Crippen LogP contribution is 2.21. The number of rotatable bonds is 4. The predicted octanol–water partition coefficient (Wildman–Crippen LogP) is 0.519. The highest BCUT2D eigenvalue weighted by Gasteiger charge is 2.26. The maximum Gasteiger partial charge on any atom is 0.255 e. The topological polar surface area (TPSA) is 89.8 Å². The number of aliphatic hydroxyl groups is 2. The molecule has 5 nitrogen and oxygen atoms in total. The average Bonchev–Trinajstić information content (AvgIpc) is 2.32. The van der Waals surface area contributed by atoms with Crippen molar-refractivity contribution in [2.24, 2.45) is 0 Å². The second-order valence-electron chi connectivity index (χ2n) is 3.99. The van der Waals surface area contributed by atoms with E-state index in [0.717, 1.165) is 0 Å². The molecule has 1 aromatic carbocycles. The monoisotopic (exact) mass is 259 g/mol. The molecule has 0 aliphatic heterocycles. The largest absolute Gasteiger partial charge is 0.507 e. The smallest absolute Gasteiger partial charge is 0.255 e. The first-order chi connectivity index (χ1) is 7.91. The van der Waals surface area contributed by atoms with Gasteiger partial charge in [0.2, 0.25) is 0 Å². The highest BCUT2D eigenvalue weighted by atomic mass is 35.5. The van der Waals surface area contributed by atoms with Crippen LogP contribution in [-0.2, 0) is 0 Å². The lowest BCUT2D eigenvalue weighted by Crippen LogP contribution is -2.51. The number of aromatic hydroxyl groups is 1. The molecule has 1 amide bonds. The van der Waals surface area contributed by atoms with Crippen LogP contribution in [0.2, 0.25) is 5.02 Å². The number of halogens is 1. The van der Waals surface area contributed by atoms with E-state index in [0.29, 0.717) is 5.02 Å². The summed E-state index contributed by atoms with van der Waals surface area (Å²) in [5.41, 5.74) is -1.16. The minimum Gasteiger partial charge on any atom is -0.507 e. The molecule has 0 radical (unpaired) electrons. The third-order valence-electron chi connectivity index (χ3n) is 2.32. The molecular formula is C11H14ClNO4. The van der Waals surface area contributed by atoms with Crippen molar-refractivity contribution in [1.29, 1.82) is 0 Å². The molecule has 6 heteroatoms. The average molecular weight is 260 g/mol. The van der Waals surface area contributed by atoms with Crippen molar-refractivity contribution in [3.63, 3.8) is 0 Å². The fourth-order valence-electron chi connectivity index (χ4n) is 1.16. The highest BCUT2D eigenvalue weighted by molar-refractivity contribution is 6.31. The number of hydrogen-bond donors (Lipinski definition) is 4. The zero-order chi connectivity index (χ0) is 13.1. The van der Waals surface area contributed by atoms with Gasteiger partial charge in [0.25, 0.3) is 5.91 Å². The van der Waals surface area contributed by atoms with Gasteiger partial charge in [-0.05, 0) is 25.1 Å². The normalized spacial score (nSPS) is 11.3. The van der Waals surface area contributed by atoms with Crippen molar-refractivity contribution in [3.05, 3.63) is 28.8 Å². The Hall–Kier alpha value is -1.30. The molecule has 0 saturated carbocycles. The van der Waals surface area contributed by atoms with E-state index in [1.807, 2.05) is 0 Å². The van der Waals surface area contributed by atoms with E-state index in [-0.39, 0.29) is 11.3 Å². The first kappa shape index (κ1) is 13.8. The van der Waals surface area contributed by atoms with E-state index in [2.05, 4.69) is 5.32 Å². The van der Waals surface area contributed by atoms with Crippen LogP contribution in [0.4, 0.5) is 0 Å². The molecule has 1 rings (SSSR count). The van der Waals surface area contributed by atoms with Crippen LogP contribution in [0.25, 0.3) is 0 Å². The van der Waals surface area contributed by atoms with Gasteiger partial charge in [0, 0.05) is 5.02 Å². The van der Waals surface area contributed by atoms with Gasteiger partial charge in [0.15, 0.2) is 0 Å². The van der Waals surface area contributed by atoms with Gasteiger partial charge in [-0.25, -0.2) is 0 Å². The van der Waals surface area contributed by atoms with Crippen molar-refractivity contribution in [2.75, 3.05) is 13.2 Å². The summed E-state index contributed by atoms with van der Waals surface area (Å²) in [6.45, 7) is 0.639. The summed E-state index contributed by atoms with van der Waals surface area (Å²) in [5.74, 6) is -0.833. The Morgan fingerprint density at radius 3 is 2.53 bits per heavy atom. The van der Waals surface area contributed by atoms with Crippen molar-refractivity contribution in [3.8, 4) is 5.75 Å². The summed E-state index contributed by atoms with van der Waals surface area (Å²) in [4.78, 5) is 11.8. The van der Waals surface area contributed by atoms with Crippen LogP contribution in [0.1, 0.15) is 17.3 Å². The summed E-state index contributed by atoms with van der Waals surface area (Å²) in [6, 6.07) is 4.05. The zero-order valence-corrected chi connectivity index (χ0v) is 10.0. The van der Waals surface area contributed by atoms with E-state index in [9.17, 15) is 9.90 Å². The van der Waals surface area contributed by atoms with Gasteiger partial charge in [-0.1, -0.05) is 11.6 Å². The molecule has 0 aliphatic rings. The number of phenols is 1. The second-order valence-corrected chi connectivity index (χ2v) is 4.43. The lowest BCUT2D eigenvalue weighted by Gasteiger charge is -2.26. The Morgan fingerprint density at radius 2 is 2.00 bits per heavy atom. The molecule has 4 N–H and O–H groups in total. The number of aliphatic hydroxyl groups excluding tert-OH is 2. The molecular weight excluding hydrogens is 246 g/mol. The molecule has 94 valence electrons. The Kier molecular flexibility index (Phi) is 4.34. The van der Waals surface area contributed by atoms with Crippen molar-refractivity contribution >= 4 is 17.5 Å². The van der Waals surface area contributed by atoms with E-state index in [4.69, 9.17) is 21.8 Å². The molecule has 0 aromatic heterocycles. The minimum atomic E-state index is -1.15. The zero-order valence-electron chi connectivity index (χ0n) is 9.27. The van der Waals surface area contributed by atoms with E-state index in [1.165, 1.54) is 25.1 Å². The third kappa shape index (κ3) is 3.33. The maximum atomic E-state index is 11.8. The summed E-state index contributed by atoms with van der Waals surface area (Å²) in [5, 5.41) is 30.3. The summed E-state index contributed by atoms with van der Waals surface area (Å²) in [6.07, 6.45) is 0. The number of nitrogens with one attached hydrogen (secondary N) is 1. The third-order valence-corrected chi connectivity index (χ3v) is 2.55. The molecule has 0 heterocycles. The lowest BCUT2D eigenvalue weighted by molar-refractivity contribution is 0.0721. The van der Waals surface area contributed by atoms with Crippen LogP contribution in [0.15, 0.2) is 18.2 Å². The van der Waals surface area contributed by atoms with Crippen molar-refractivity contribution in [1.82, 2.24) is 5.32 Å². The van der Waals surface area contributed by atoms with Crippen LogP contribution in [-0.4, -0.2) is 40.0 Å². The van der Waals surface area contributed by atoms with Crippen molar-refractivity contribution in [2.45, 2.75) is 12.5 Å². The number of phenolic OH excluding ortho intramolecular Hbond substituents is 1. The molecule has 0 bridgehead atoms. The predicted molar refractivity (Wildman–Crippen MR) is 63.2 cm³/mol. The fraction of sp³-hybridized carbons (Fsp3) is 0.364. The fourth-order valence-corrected chi connectivity index (χ4v) is 1.33. The maximum absolute atomic E-state index is 11.8. The molecule has 1 aromatic rings. The van der Waals surface area contributed by atoms with E-state index >= 15 is 0 Å². The molecule has 0 atom stereocenters. The Bertz CT molecular complexity index is 418. The van der Waals surface area contributed by atoms with Gasteiger partial charge < -0.3 is 20.6 Å². The number of carbonyl (C=O) groups excluding carboxylic acids is 1. The SMILES string of the molecule is CC(CO)(CO)NC(=O)c1cc(Cl)ccc1O. The second kappa shape index (κ2) is 5.35. The number of benzene rings is 1. The molecule has 17 heavy (non-hydrogen) atoms. The van der Waals surface area contributed by atoms with Crippen molar-refractivity contribution < 1.29 is 20.1 Å². The van der Waals surface area contributed by atoms with Crippen LogP contribution in [0.3, 0.4) is 0 Å². The van der Waals surface area contributed by atoms with Gasteiger partial charge in [-0.3, -0.25) is 4.79 Å². The lowest BCUT2D eigenvalue weighted by atomic mass is 10.0. The van der Waals surface area contributed by atoms with Crippen LogP contribution < -0.4 is 5.32 Å². The first-order valence-electron chi connectivity index (χ1n) is 4.94. The number of carbonyl (C=O) groups is 1. The summed E-state index contributed by atoms with van der Waals surface area (Å²) >= 11 is 5.71. The van der Waals surface area contributed by atoms with Crippen LogP contribution in [0, 0.1) is 0 Å². The summed E-state index contributed by atoms with van der Waals surface area (Å²) < 4.78 is 0. The Morgan fingerprint density at radius 1 is 1.41 bits per heavy atom. The van der Waals surface area contributed by atoms with Gasteiger partial charge in [0.05, 0.1) is 24.3 Å². The molecule has 0 saturated heterocycles. The van der Waals surface area contributed by atoms with Gasteiger partial charge in [-0.2, -0.15) is 0 Å². The number of amides is 1. The Balaban J connectivity index is 2.94. The van der Waals surface area contributed by atoms with Gasteiger partial charge in [-0.15, -0.1) is 0 Å². The van der Waals surface area contributed by atoms with Gasteiger partial charge in [0.1, 0.15) is 5.75 Å². The summed E-state index contributed by atoms with van der Waals surface area (Å²) in [7, 11) is 0. The van der Waals surface area contributed by atoms with Gasteiger partial charge >= 0.3 is 0 Å². The quantitative estimate of drug-likeness (QED) is 0.635. The molecule has 0 fully saturated rings. The standard InChI is InChI=1S/C11H14ClNO4/c1-11(5-14,6-15)13-10(17)8-4-7(12)2-3-9(8)16/h2-4,14-16H,5-6H2,1H3,(H,13,17). The molecule has 0 unspecified atom stereocenters. The molecule has 0 spiro atoms. The Labute approximate surface area is 104 Å². The number of hydrogen-bond acceptors (Lipinski definition) is 4. The van der Waals surface area contributed by atoms with E-state index < -0.39 is 24.7 Å². The first-order valence-corrected chi connectivity index (χ1v) is 5.32. The molecule has 0 aliphatic carbocycles.